The molecule has 0 saturated carbocycles. The van der Waals surface area contributed by atoms with Crippen LogP contribution in [0, 0.1) is 0 Å². The zero-order chi connectivity index (χ0) is 17.3. The molecule has 0 aromatic carbocycles. The van der Waals surface area contributed by atoms with Crippen LogP contribution in [0.1, 0.15) is 13.3 Å². The molecule has 22 heavy (non-hydrogen) atoms. The van der Waals surface area contributed by atoms with Crippen LogP contribution in [-0.2, 0) is 14.4 Å². The summed E-state index contributed by atoms with van der Waals surface area (Å²) in [6, 6.07) is -3.65. The van der Waals surface area contributed by atoms with Crippen LogP contribution < -0.4 is 16.4 Å². The molecule has 0 aliphatic heterocycles. The summed E-state index contributed by atoms with van der Waals surface area (Å²) in [4.78, 5) is 34.7. The van der Waals surface area contributed by atoms with Crippen LogP contribution in [0.25, 0.3) is 0 Å². The van der Waals surface area contributed by atoms with E-state index in [1.807, 2.05) is 6.26 Å². The number of amides is 2. The highest BCUT2D eigenvalue weighted by atomic mass is 32.2. The molecule has 9 nitrogen and oxygen atoms in total. The Hall–Kier alpha value is -1.36. The number of carboxylic acids is 1. The lowest BCUT2D eigenvalue weighted by Gasteiger charge is -2.23. The Morgan fingerprint density at radius 2 is 1.82 bits per heavy atom. The Balaban J connectivity index is 4.89. The molecule has 0 heterocycles. The second kappa shape index (κ2) is 10.4. The van der Waals surface area contributed by atoms with E-state index in [1.54, 1.807) is 0 Å². The molecule has 0 spiro atoms. The maximum absolute atomic E-state index is 12.1. The Labute approximate surface area is 132 Å². The van der Waals surface area contributed by atoms with Crippen LogP contribution in [0.4, 0.5) is 0 Å². The van der Waals surface area contributed by atoms with Gasteiger partial charge >= 0.3 is 5.97 Å². The molecule has 0 saturated heterocycles. The average Bonchev–Trinajstić information content (AvgIpc) is 2.46. The third-order valence-corrected chi connectivity index (χ3v) is 3.47. The van der Waals surface area contributed by atoms with E-state index in [9.17, 15) is 19.5 Å². The summed E-state index contributed by atoms with van der Waals surface area (Å²) in [6.07, 6.45) is 0.771. The number of hydrogen-bond acceptors (Lipinski definition) is 7. The number of nitrogens with one attached hydrogen (secondary N) is 2. The van der Waals surface area contributed by atoms with Crippen LogP contribution in [-0.4, -0.2) is 75.9 Å². The summed E-state index contributed by atoms with van der Waals surface area (Å²) < 4.78 is 0. The van der Waals surface area contributed by atoms with Crippen molar-refractivity contribution in [1.29, 1.82) is 0 Å². The third-order valence-electron chi connectivity index (χ3n) is 2.82. The first-order chi connectivity index (χ1) is 10.2. The number of nitrogens with two attached hydrogens (primary N) is 1. The molecular formula is C12H23N3O6S. The van der Waals surface area contributed by atoms with Gasteiger partial charge in [-0.25, -0.2) is 4.79 Å². The van der Waals surface area contributed by atoms with E-state index in [2.05, 4.69) is 10.6 Å². The van der Waals surface area contributed by atoms with Crippen LogP contribution in [0.2, 0.25) is 0 Å². The summed E-state index contributed by atoms with van der Waals surface area (Å²) >= 11 is 1.44. The largest absolute Gasteiger partial charge is 0.480 e. The molecule has 10 heteroatoms. The molecule has 0 aromatic heterocycles. The minimum Gasteiger partial charge on any atom is -0.480 e. The second-order valence-corrected chi connectivity index (χ2v) is 5.68. The van der Waals surface area contributed by atoms with E-state index >= 15 is 0 Å². The van der Waals surface area contributed by atoms with Crippen molar-refractivity contribution >= 4 is 29.5 Å². The van der Waals surface area contributed by atoms with Crippen LogP contribution in [0.5, 0.6) is 0 Å². The van der Waals surface area contributed by atoms with E-state index in [0.29, 0.717) is 5.75 Å². The molecule has 0 aromatic rings. The van der Waals surface area contributed by atoms with E-state index in [4.69, 9.17) is 15.9 Å². The first-order valence-electron chi connectivity index (χ1n) is 6.61. The lowest BCUT2D eigenvalue weighted by molar-refractivity contribution is -0.145. The van der Waals surface area contributed by atoms with Gasteiger partial charge in [-0.3, -0.25) is 9.59 Å². The molecule has 4 atom stereocenters. The standard InChI is InChI=1S/C12H23N3O6S/c1-6(17)9(12(20)21)15-11(19)8(3-4-22-2)14-10(18)7(13)5-16/h6-9,16-17H,3-5,13H2,1-2H3,(H,14,18)(H,15,19)(H,20,21). The third kappa shape index (κ3) is 7.07. The van der Waals surface area contributed by atoms with Gasteiger partial charge in [0.25, 0.3) is 0 Å². The fourth-order valence-corrected chi connectivity index (χ4v) is 1.98. The monoisotopic (exact) mass is 337 g/mol. The van der Waals surface area contributed by atoms with Gasteiger partial charge in [0.2, 0.25) is 11.8 Å². The Kier molecular flexibility index (Phi) is 9.74. The molecule has 7 N–H and O–H groups in total. The number of aliphatic hydroxyl groups excluding tert-OH is 2. The summed E-state index contributed by atoms with van der Waals surface area (Å²) in [5.41, 5.74) is 5.36. The summed E-state index contributed by atoms with van der Waals surface area (Å²) in [7, 11) is 0. The number of carboxylic acid groups (broad SMARTS) is 1. The van der Waals surface area contributed by atoms with E-state index < -0.39 is 48.6 Å². The van der Waals surface area contributed by atoms with Crippen molar-refractivity contribution in [3.63, 3.8) is 0 Å². The van der Waals surface area contributed by atoms with Crippen molar-refractivity contribution in [3.05, 3.63) is 0 Å². The zero-order valence-corrected chi connectivity index (χ0v) is 13.3. The normalized spacial score (nSPS) is 16.2. The first kappa shape index (κ1) is 20.6. The van der Waals surface area contributed by atoms with Gasteiger partial charge in [0.15, 0.2) is 6.04 Å². The number of carbonyl (C=O) groups is 3. The van der Waals surface area contributed by atoms with Crippen molar-refractivity contribution in [3.8, 4) is 0 Å². The Morgan fingerprint density at radius 3 is 2.23 bits per heavy atom. The van der Waals surface area contributed by atoms with Gasteiger partial charge in [-0.1, -0.05) is 0 Å². The summed E-state index contributed by atoms with van der Waals surface area (Å²) in [6.45, 7) is 0.657. The molecule has 0 aliphatic carbocycles. The average molecular weight is 337 g/mol. The minimum atomic E-state index is -1.48. The van der Waals surface area contributed by atoms with Crippen LogP contribution >= 0.6 is 11.8 Å². The second-order valence-electron chi connectivity index (χ2n) is 4.70. The molecule has 128 valence electrons. The maximum Gasteiger partial charge on any atom is 0.328 e. The molecule has 0 rings (SSSR count). The number of rotatable bonds is 10. The van der Waals surface area contributed by atoms with Crippen molar-refractivity contribution in [2.75, 3.05) is 18.6 Å². The number of hydrogen-bond donors (Lipinski definition) is 6. The number of aliphatic hydroxyl groups is 2. The predicted octanol–water partition coefficient (Wildman–Crippen LogP) is -2.51. The van der Waals surface area contributed by atoms with Gasteiger partial charge in [0.1, 0.15) is 12.1 Å². The van der Waals surface area contributed by atoms with Crippen molar-refractivity contribution in [1.82, 2.24) is 10.6 Å². The summed E-state index contributed by atoms with van der Waals surface area (Å²) in [5, 5.41) is 31.7. The lowest BCUT2D eigenvalue weighted by Crippen LogP contribution is -2.57. The maximum atomic E-state index is 12.1. The van der Waals surface area contributed by atoms with E-state index in [-0.39, 0.29) is 6.42 Å². The van der Waals surface area contributed by atoms with Gasteiger partial charge in [0.05, 0.1) is 12.7 Å². The highest BCUT2D eigenvalue weighted by molar-refractivity contribution is 7.98. The quantitative estimate of drug-likeness (QED) is 0.255. The van der Waals surface area contributed by atoms with Crippen LogP contribution in [0.3, 0.4) is 0 Å². The SMILES string of the molecule is CSCCC(NC(=O)C(N)CO)C(=O)NC(C(=O)O)C(C)O. The number of carbonyl (C=O) groups excluding carboxylic acids is 2. The van der Waals surface area contributed by atoms with Crippen molar-refractivity contribution in [2.24, 2.45) is 5.73 Å². The van der Waals surface area contributed by atoms with Crippen molar-refractivity contribution in [2.45, 2.75) is 37.6 Å². The molecule has 2 amide bonds. The van der Waals surface area contributed by atoms with E-state index in [0.717, 1.165) is 0 Å². The highest BCUT2D eigenvalue weighted by Gasteiger charge is 2.29. The summed E-state index contributed by atoms with van der Waals surface area (Å²) in [5.74, 6) is -2.29. The van der Waals surface area contributed by atoms with Crippen LogP contribution in [0.15, 0.2) is 0 Å². The van der Waals surface area contributed by atoms with E-state index in [1.165, 1.54) is 18.7 Å². The lowest BCUT2D eigenvalue weighted by atomic mass is 10.1. The zero-order valence-electron chi connectivity index (χ0n) is 12.5. The number of thioether (sulfide) groups is 1. The molecule has 0 aliphatic rings. The molecule has 0 radical (unpaired) electrons. The Bertz CT molecular complexity index is 393. The van der Waals surface area contributed by atoms with Gasteiger partial charge in [0, 0.05) is 0 Å². The highest BCUT2D eigenvalue weighted by Crippen LogP contribution is 2.03. The predicted molar refractivity (Wildman–Crippen MR) is 81.2 cm³/mol. The minimum absolute atomic E-state index is 0.253. The fourth-order valence-electron chi connectivity index (χ4n) is 1.51. The fraction of sp³-hybridized carbons (Fsp3) is 0.750. The molecule has 0 bridgehead atoms. The number of aliphatic carboxylic acids is 1. The van der Waals surface area contributed by atoms with Gasteiger partial charge in [-0.05, 0) is 25.4 Å². The van der Waals surface area contributed by atoms with Crippen molar-refractivity contribution < 1.29 is 29.7 Å². The first-order valence-corrected chi connectivity index (χ1v) is 8.01. The molecular weight excluding hydrogens is 314 g/mol. The van der Waals surface area contributed by atoms with Gasteiger partial charge < -0.3 is 31.7 Å². The van der Waals surface area contributed by atoms with Gasteiger partial charge in [-0.2, -0.15) is 11.8 Å². The molecule has 4 unspecified atom stereocenters. The van der Waals surface area contributed by atoms with Gasteiger partial charge in [-0.15, -0.1) is 0 Å². The Morgan fingerprint density at radius 1 is 1.23 bits per heavy atom. The topological polar surface area (TPSA) is 162 Å². The molecule has 0 fully saturated rings. The smallest absolute Gasteiger partial charge is 0.328 e.